The molecule has 4 rings (SSSR count). The Morgan fingerprint density at radius 3 is 2.53 bits per heavy atom. The van der Waals surface area contributed by atoms with Gasteiger partial charge in [-0.15, -0.1) is 0 Å². The van der Waals surface area contributed by atoms with Crippen LogP contribution in [0.25, 0.3) is 0 Å². The van der Waals surface area contributed by atoms with Crippen LogP contribution in [0.2, 0.25) is 0 Å². The Morgan fingerprint density at radius 1 is 1.16 bits per heavy atom. The summed E-state index contributed by atoms with van der Waals surface area (Å²) in [4.78, 5) is 12.5. The number of fused-ring (bicyclic) bond motifs is 1. The molecule has 0 N–H and O–H groups in total. The van der Waals surface area contributed by atoms with Gasteiger partial charge in [0, 0.05) is 12.3 Å². The molecule has 4 nitrogen and oxygen atoms in total. The number of ether oxygens (including phenoxy) is 3. The summed E-state index contributed by atoms with van der Waals surface area (Å²) in [6, 6.07) is 0. The average Bonchev–Trinajstić information content (AvgIpc) is 3.23. The summed E-state index contributed by atoms with van der Waals surface area (Å²) in [5.41, 5.74) is -0.306. The van der Waals surface area contributed by atoms with Crippen LogP contribution in [-0.2, 0) is 19.0 Å². The zero-order valence-corrected chi connectivity index (χ0v) is 11.8. The predicted octanol–water partition coefficient (Wildman–Crippen LogP) is 1.85. The number of carbonyl (C=O) groups excluding carboxylic acids is 1. The molecule has 0 amide bonds. The van der Waals surface area contributed by atoms with E-state index in [-0.39, 0.29) is 29.3 Å². The minimum absolute atomic E-state index is 0.0253. The van der Waals surface area contributed by atoms with E-state index in [9.17, 15) is 4.79 Å². The summed E-state index contributed by atoms with van der Waals surface area (Å²) >= 11 is 0. The Kier molecular flexibility index (Phi) is 2.33. The molecule has 19 heavy (non-hydrogen) atoms. The first-order valence-corrected chi connectivity index (χ1v) is 7.44. The van der Waals surface area contributed by atoms with E-state index in [1.54, 1.807) is 0 Å². The van der Waals surface area contributed by atoms with Crippen LogP contribution < -0.4 is 0 Å². The van der Waals surface area contributed by atoms with Crippen LogP contribution in [0.4, 0.5) is 0 Å². The van der Waals surface area contributed by atoms with Gasteiger partial charge in [0.15, 0.2) is 5.78 Å². The maximum absolute atomic E-state index is 12.5. The molecule has 0 bridgehead atoms. The molecule has 3 heterocycles. The molecule has 0 aromatic heterocycles. The van der Waals surface area contributed by atoms with Gasteiger partial charge in [0.1, 0.15) is 11.7 Å². The Hall–Kier alpha value is -0.450. The van der Waals surface area contributed by atoms with Crippen molar-refractivity contribution in [3.63, 3.8) is 0 Å². The van der Waals surface area contributed by atoms with E-state index in [0.717, 1.165) is 25.7 Å². The SMILES string of the molecule is CC1(C)OC1CC1(C)OC1C(=O)C1CCC2OC2C1. The maximum atomic E-state index is 12.5. The molecular weight excluding hydrogens is 244 g/mol. The van der Waals surface area contributed by atoms with Gasteiger partial charge < -0.3 is 14.2 Å². The number of carbonyl (C=O) groups is 1. The number of hydrogen-bond donors (Lipinski definition) is 0. The summed E-state index contributed by atoms with van der Waals surface area (Å²) < 4.78 is 16.8. The van der Waals surface area contributed by atoms with Crippen molar-refractivity contribution in [3.05, 3.63) is 0 Å². The van der Waals surface area contributed by atoms with Gasteiger partial charge in [-0.1, -0.05) is 0 Å². The average molecular weight is 266 g/mol. The number of rotatable bonds is 4. The topological polar surface area (TPSA) is 54.7 Å². The van der Waals surface area contributed by atoms with Gasteiger partial charge >= 0.3 is 0 Å². The van der Waals surface area contributed by atoms with Gasteiger partial charge in [0.05, 0.1) is 23.9 Å². The second kappa shape index (κ2) is 3.60. The van der Waals surface area contributed by atoms with Crippen molar-refractivity contribution in [2.45, 2.75) is 82.1 Å². The quantitative estimate of drug-likeness (QED) is 0.729. The van der Waals surface area contributed by atoms with Crippen LogP contribution in [-0.4, -0.2) is 41.4 Å². The number of Topliss-reactive ketones (excluding diaryl/α,β-unsaturated/α-hetero) is 1. The van der Waals surface area contributed by atoms with E-state index in [0.29, 0.717) is 18.0 Å². The Labute approximate surface area is 113 Å². The maximum Gasteiger partial charge on any atom is 0.167 e. The molecule has 0 radical (unpaired) electrons. The van der Waals surface area contributed by atoms with Crippen LogP contribution in [0.3, 0.4) is 0 Å². The van der Waals surface area contributed by atoms with Crippen molar-refractivity contribution in [2.75, 3.05) is 0 Å². The molecule has 1 saturated carbocycles. The molecule has 6 atom stereocenters. The fourth-order valence-corrected chi connectivity index (χ4v) is 3.61. The van der Waals surface area contributed by atoms with Crippen molar-refractivity contribution in [2.24, 2.45) is 5.92 Å². The molecule has 0 aromatic rings. The van der Waals surface area contributed by atoms with Crippen LogP contribution in [0.5, 0.6) is 0 Å². The molecule has 1 aliphatic carbocycles. The molecule has 0 aromatic carbocycles. The molecule has 4 fully saturated rings. The highest BCUT2D eigenvalue weighted by molar-refractivity contribution is 5.89. The van der Waals surface area contributed by atoms with Gasteiger partial charge in [-0.2, -0.15) is 0 Å². The fourth-order valence-electron chi connectivity index (χ4n) is 3.61. The zero-order chi connectivity index (χ0) is 13.4. The minimum atomic E-state index is -0.281. The van der Waals surface area contributed by atoms with Crippen LogP contribution >= 0.6 is 0 Å². The van der Waals surface area contributed by atoms with Gasteiger partial charge in [0.25, 0.3) is 0 Å². The normalized spacial score (nSPS) is 53.3. The first-order valence-electron chi connectivity index (χ1n) is 7.44. The lowest BCUT2D eigenvalue weighted by Crippen LogP contribution is -2.29. The van der Waals surface area contributed by atoms with Crippen LogP contribution in [0.1, 0.15) is 46.5 Å². The van der Waals surface area contributed by atoms with Crippen molar-refractivity contribution < 1.29 is 19.0 Å². The largest absolute Gasteiger partial charge is 0.370 e. The predicted molar refractivity (Wildman–Crippen MR) is 67.9 cm³/mol. The highest BCUT2D eigenvalue weighted by atomic mass is 16.6. The molecule has 4 heteroatoms. The molecule has 0 spiro atoms. The van der Waals surface area contributed by atoms with Gasteiger partial charge in [-0.05, 0) is 40.0 Å². The number of ketones is 1. The summed E-state index contributed by atoms with van der Waals surface area (Å²) in [6.07, 6.45) is 4.63. The third-order valence-corrected chi connectivity index (χ3v) is 5.30. The van der Waals surface area contributed by atoms with Crippen LogP contribution in [0.15, 0.2) is 0 Å². The third kappa shape index (κ3) is 2.05. The lowest BCUT2D eigenvalue weighted by atomic mass is 9.82. The second-order valence-electron chi connectivity index (χ2n) is 7.35. The van der Waals surface area contributed by atoms with E-state index in [1.807, 2.05) is 6.92 Å². The minimum Gasteiger partial charge on any atom is -0.370 e. The molecule has 6 unspecified atom stereocenters. The standard InChI is InChI=1S/C15H22O4/c1-14(2)11(18-14)7-15(3)13(19-15)12(16)8-4-5-9-10(6-8)17-9/h8-11,13H,4-7H2,1-3H3. The fraction of sp³-hybridized carbons (Fsp3) is 0.933. The first kappa shape index (κ1) is 12.3. The summed E-state index contributed by atoms with van der Waals surface area (Å²) in [6.45, 7) is 6.23. The van der Waals surface area contributed by atoms with Crippen LogP contribution in [0, 0.1) is 5.92 Å². The van der Waals surface area contributed by atoms with Crippen molar-refractivity contribution in [1.29, 1.82) is 0 Å². The summed E-state index contributed by atoms with van der Waals surface area (Å²) in [7, 11) is 0. The van der Waals surface area contributed by atoms with Crippen molar-refractivity contribution in [1.82, 2.24) is 0 Å². The van der Waals surface area contributed by atoms with E-state index in [2.05, 4.69) is 13.8 Å². The number of hydrogen-bond acceptors (Lipinski definition) is 4. The second-order valence-corrected chi connectivity index (χ2v) is 7.35. The third-order valence-electron chi connectivity index (χ3n) is 5.30. The molecule has 4 aliphatic rings. The van der Waals surface area contributed by atoms with Gasteiger partial charge in [-0.3, -0.25) is 4.79 Å². The van der Waals surface area contributed by atoms with E-state index in [1.165, 1.54) is 0 Å². The van der Waals surface area contributed by atoms with Gasteiger partial charge in [-0.25, -0.2) is 0 Å². The Bertz CT molecular complexity index is 432. The van der Waals surface area contributed by atoms with Crippen molar-refractivity contribution >= 4 is 5.78 Å². The Balaban J connectivity index is 1.34. The monoisotopic (exact) mass is 266 g/mol. The molecule has 3 aliphatic heterocycles. The zero-order valence-electron chi connectivity index (χ0n) is 11.8. The van der Waals surface area contributed by atoms with E-state index < -0.39 is 0 Å². The van der Waals surface area contributed by atoms with E-state index in [4.69, 9.17) is 14.2 Å². The highest BCUT2D eigenvalue weighted by Crippen LogP contribution is 2.51. The lowest BCUT2D eigenvalue weighted by molar-refractivity contribution is -0.124. The van der Waals surface area contributed by atoms with E-state index >= 15 is 0 Å². The van der Waals surface area contributed by atoms with Crippen molar-refractivity contribution in [3.8, 4) is 0 Å². The highest BCUT2D eigenvalue weighted by Gasteiger charge is 2.63. The van der Waals surface area contributed by atoms with Gasteiger partial charge in [0.2, 0.25) is 0 Å². The molecule has 3 saturated heterocycles. The number of epoxide rings is 3. The molecule has 106 valence electrons. The summed E-state index contributed by atoms with van der Waals surface area (Å²) in [5, 5.41) is 0. The summed E-state index contributed by atoms with van der Waals surface area (Å²) in [5.74, 6) is 0.457. The Morgan fingerprint density at radius 2 is 1.89 bits per heavy atom. The lowest BCUT2D eigenvalue weighted by Gasteiger charge is -2.17. The first-order chi connectivity index (χ1) is 8.89. The smallest absolute Gasteiger partial charge is 0.167 e. The molecular formula is C15H22O4.